The second kappa shape index (κ2) is 14.3. The van der Waals surface area contributed by atoms with Gasteiger partial charge in [0, 0.05) is 32.6 Å². The Morgan fingerprint density at radius 3 is 1.30 bits per heavy atom. The molecule has 0 spiro atoms. The van der Waals surface area contributed by atoms with Crippen molar-refractivity contribution < 1.29 is 44.0 Å². The molecule has 0 unspecified atom stereocenters. The number of nitrogen functional groups attached to an aromatic ring is 1. The summed E-state index contributed by atoms with van der Waals surface area (Å²) in [7, 11) is -13.8. The van der Waals surface area contributed by atoms with Crippen LogP contribution in [0.3, 0.4) is 0 Å². The number of rotatable bonds is 9. The number of azo groups is 3. The average Bonchev–Trinajstić information content (AvgIpc) is 3.15. The van der Waals surface area contributed by atoms with Crippen molar-refractivity contribution in [1.82, 2.24) is 0 Å². The van der Waals surface area contributed by atoms with Gasteiger partial charge in [0.2, 0.25) is 0 Å². The van der Waals surface area contributed by atoms with Crippen molar-refractivity contribution in [3.63, 3.8) is 0 Å². The number of phenolic OH excluding ortho intramolecular Hbond substituents is 1. The maximum absolute atomic E-state index is 12.1. The van der Waals surface area contributed by atoms with Crippen LogP contribution in [0.15, 0.2) is 161 Å². The Labute approximate surface area is 317 Å². The molecule has 7 rings (SSSR count). The van der Waals surface area contributed by atoms with Gasteiger partial charge in [-0.25, -0.2) is 0 Å². The van der Waals surface area contributed by atoms with Crippen LogP contribution in [0.2, 0.25) is 0 Å². The highest BCUT2D eigenvalue weighted by Gasteiger charge is 2.17. The number of hydrogen-bond donors (Lipinski definition) is 5. The van der Waals surface area contributed by atoms with Gasteiger partial charge in [-0.2, -0.15) is 30.4 Å². The topological polar surface area (TPSA) is 284 Å². The zero-order chi connectivity index (χ0) is 40.0. The fraction of sp³-hybridized carbons (Fsp3) is 0. The standard InChI is InChI=1S/C36H25N7O10S3/c37-21-2-4-22(5-3-21)38-39-31-12-14-33(29-18-24(55(48,49)50)7-10-27(29)31)40-41-34-15-13-32(28-11-8-25(19-30(28)34)56(51,52)53)42-43-36-26-9-6-23(54(45,46)47)17-20(26)1-16-35(36)44/h1-19,44H,37H2,(H,45,46,47)(H,48,49,50)(H,51,52,53). The molecule has 0 atom stereocenters. The molecule has 0 saturated heterocycles. The Bertz CT molecular complexity index is 3190. The predicted molar refractivity (Wildman–Crippen MR) is 206 cm³/mol. The van der Waals surface area contributed by atoms with E-state index in [4.69, 9.17) is 5.73 Å². The van der Waals surface area contributed by atoms with Crippen LogP contribution in [0, 0.1) is 0 Å². The number of fused-ring (bicyclic) bond motifs is 3. The smallest absolute Gasteiger partial charge is 0.294 e. The third-order valence-corrected chi connectivity index (χ3v) is 11.0. The minimum atomic E-state index is -4.70. The van der Waals surface area contributed by atoms with E-state index < -0.39 is 40.1 Å². The van der Waals surface area contributed by atoms with Gasteiger partial charge in [-0.3, -0.25) is 13.7 Å². The van der Waals surface area contributed by atoms with Gasteiger partial charge >= 0.3 is 0 Å². The highest BCUT2D eigenvalue weighted by atomic mass is 32.2. The molecule has 0 heterocycles. The Morgan fingerprint density at radius 2 is 0.821 bits per heavy atom. The van der Waals surface area contributed by atoms with Gasteiger partial charge in [0.25, 0.3) is 30.4 Å². The normalized spacial score (nSPS) is 12.9. The Morgan fingerprint density at radius 1 is 0.411 bits per heavy atom. The number of benzene rings is 7. The highest BCUT2D eigenvalue weighted by molar-refractivity contribution is 7.86. The van der Waals surface area contributed by atoms with E-state index in [1.54, 1.807) is 30.3 Å². The summed E-state index contributed by atoms with van der Waals surface area (Å²) in [5.74, 6) is -0.300. The Kier molecular flexibility index (Phi) is 9.62. The van der Waals surface area contributed by atoms with Crippen LogP contribution < -0.4 is 5.73 Å². The van der Waals surface area contributed by atoms with E-state index in [1.807, 2.05) is 0 Å². The molecule has 0 aliphatic rings. The molecule has 56 heavy (non-hydrogen) atoms. The predicted octanol–water partition coefficient (Wildman–Crippen LogP) is 9.42. The monoisotopic (exact) mass is 811 g/mol. The number of phenols is 1. The van der Waals surface area contributed by atoms with Crippen LogP contribution in [0.5, 0.6) is 5.75 Å². The van der Waals surface area contributed by atoms with Crippen LogP contribution in [-0.2, 0) is 30.4 Å². The molecule has 0 saturated carbocycles. The Balaban J connectivity index is 1.33. The molecule has 7 aromatic rings. The average molecular weight is 812 g/mol. The lowest BCUT2D eigenvalue weighted by molar-refractivity contribution is 0.477. The largest absolute Gasteiger partial charge is 0.506 e. The minimum Gasteiger partial charge on any atom is -0.506 e. The first-order chi connectivity index (χ1) is 26.5. The van der Waals surface area contributed by atoms with Crippen LogP contribution >= 0.6 is 0 Å². The highest BCUT2D eigenvalue weighted by Crippen LogP contribution is 2.41. The maximum Gasteiger partial charge on any atom is 0.294 e. The zero-order valence-corrected chi connectivity index (χ0v) is 30.6. The molecule has 0 bridgehead atoms. The van der Waals surface area contributed by atoms with Crippen LogP contribution in [0.25, 0.3) is 32.3 Å². The van der Waals surface area contributed by atoms with Gasteiger partial charge in [0.15, 0.2) is 0 Å². The zero-order valence-electron chi connectivity index (χ0n) is 28.2. The van der Waals surface area contributed by atoms with Gasteiger partial charge in [-0.15, -0.1) is 25.6 Å². The second-order valence-electron chi connectivity index (χ2n) is 12.1. The lowest BCUT2D eigenvalue weighted by Crippen LogP contribution is -1.97. The maximum atomic E-state index is 12.1. The van der Waals surface area contributed by atoms with E-state index in [1.165, 1.54) is 66.7 Å². The quantitative estimate of drug-likeness (QED) is 0.0519. The van der Waals surface area contributed by atoms with Gasteiger partial charge in [0.1, 0.15) is 11.4 Å². The van der Waals surface area contributed by atoms with E-state index in [-0.39, 0.29) is 49.6 Å². The van der Waals surface area contributed by atoms with Crippen LogP contribution in [0.4, 0.5) is 39.8 Å². The number of aromatic hydroxyl groups is 1. The van der Waals surface area contributed by atoms with E-state index in [0.29, 0.717) is 33.2 Å². The van der Waals surface area contributed by atoms with Crippen molar-refractivity contribution in [2.45, 2.75) is 14.7 Å². The first kappa shape index (κ1) is 37.8. The lowest BCUT2D eigenvalue weighted by Gasteiger charge is -2.09. The summed E-state index contributed by atoms with van der Waals surface area (Å²) in [5.41, 5.74) is 7.43. The molecular weight excluding hydrogens is 787 g/mol. The van der Waals surface area contributed by atoms with Gasteiger partial charge in [0.05, 0.1) is 43.1 Å². The van der Waals surface area contributed by atoms with Gasteiger partial charge in [-0.1, -0.05) is 24.3 Å². The number of anilines is 1. The van der Waals surface area contributed by atoms with E-state index in [9.17, 15) is 44.0 Å². The Hall–Kier alpha value is -6.55. The van der Waals surface area contributed by atoms with Crippen molar-refractivity contribution in [1.29, 1.82) is 0 Å². The summed E-state index contributed by atoms with van der Waals surface area (Å²) in [6.45, 7) is 0. The minimum absolute atomic E-state index is 0.0385. The molecule has 17 nitrogen and oxygen atoms in total. The molecule has 6 N–H and O–H groups in total. The summed E-state index contributed by atoms with van der Waals surface area (Å²) in [5, 5.41) is 37.9. The molecule has 0 radical (unpaired) electrons. The fourth-order valence-corrected chi connectivity index (χ4v) is 7.20. The summed E-state index contributed by atoms with van der Waals surface area (Å²) in [6.07, 6.45) is 0. The van der Waals surface area contributed by atoms with Crippen LogP contribution in [-0.4, -0.2) is 44.0 Å². The third kappa shape index (κ3) is 7.82. The first-order valence-electron chi connectivity index (χ1n) is 15.9. The fourth-order valence-electron chi connectivity index (χ4n) is 5.67. The van der Waals surface area contributed by atoms with Crippen molar-refractivity contribution in [2.75, 3.05) is 5.73 Å². The molecule has 7 aromatic carbocycles. The summed E-state index contributed by atoms with van der Waals surface area (Å²) >= 11 is 0. The lowest BCUT2D eigenvalue weighted by atomic mass is 10.1. The molecule has 0 aliphatic carbocycles. The second-order valence-corrected chi connectivity index (χ2v) is 16.3. The molecule has 0 aliphatic heterocycles. The number of hydrogen-bond acceptors (Lipinski definition) is 14. The molecule has 0 fully saturated rings. The summed E-state index contributed by atoms with van der Waals surface area (Å²) < 4.78 is 101. The van der Waals surface area contributed by atoms with Crippen molar-refractivity contribution in [2.24, 2.45) is 30.7 Å². The molecule has 282 valence electrons. The third-order valence-electron chi connectivity index (χ3n) is 8.41. The van der Waals surface area contributed by atoms with Crippen molar-refractivity contribution >= 4 is 102 Å². The van der Waals surface area contributed by atoms with Gasteiger partial charge < -0.3 is 10.8 Å². The summed E-state index contributed by atoms with van der Waals surface area (Å²) in [4.78, 5) is -1.27. The molecule has 0 amide bonds. The number of nitrogens with two attached hydrogens (primary N) is 1. The molecule has 0 aromatic heterocycles. The van der Waals surface area contributed by atoms with Crippen molar-refractivity contribution in [3.05, 3.63) is 115 Å². The van der Waals surface area contributed by atoms with Crippen LogP contribution in [0.1, 0.15) is 0 Å². The summed E-state index contributed by atoms with van der Waals surface area (Å²) in [6, 6.07) is 26.3. The SMILES string of the molecule is Nc1ccc(N=Nc2ccc(N=Nc3ccc(N=Nc4c(O)ccc5cc(S(=O)(=O)O)ccc45)c4ccc(S(=O)(=O)O)cc34)c3cc(S(=O)(=O)O)ccc23)cc1. The number of nitrogens with zero attached hydrogens (tertiary/aromatic N) is 6. The van der Waals surface area contributed by atoms with E-state index >= 15 is 0 Å². The van der Waals surface area contributed by atoms with Gasteiger partial charge in [-0.05, 0) is 96.4 Å². The first-order valence-corrected chi connectivity index (χ1v) is 20.2. The van der Waals surface area contributed by atoms with E-state index in [2.05, 4.69) is 30.7 Å². The van der Waals surface area contributed by atoms with Crippen molar-refractivity contribution in [3.8, 4) is 5.75 Å². The van der Waals surface area contributed by atoms with E-state index in [0.717, 1.165) is 18.2 Å². The molecule has 20 heteroatoms. The molecular formula is C36H25N7O10S3.